The molecule has 184 valence electrons. The topological polar surface area (TPSA) is 93.1 Å². The Hall–Kier alpha value is -4.10. The van der Waals surface area contributed by atoms with E-state index in [0.29, 0.717) is 16.3 Å². The van der Waals surface area contributed by atoms with E-state index in [9.17, 15) is 19.5 Å². The minimum absolute atomic E-state index is 0.114. The number of esters is 1. The van der Waals surface area contributed by atoms with Crippen LogP contribution in [0, 0.1) is 6.92 Å². The maximum Gasteiger partial charge on any atom is 0.338 e. The Bertz CT molecular complexity index is 1400. The summed E-state index contributed by atoms with van der Waals surface area (Å²) in [6.07, 6.45) is 0. The summed E-state index contributed by atoms with van der Waals surface area (Å²) in [5, 5.41) is 11.7. The summed E-state index contributed by atoms with van der Waals surface area (Å²) in [4.78, 5) is 40.5. The number of anilines is 1. The summed E-state index contributed by atoms with van der Waals surface area (Å²) in [5.74, 6) is -2.39. The first-order valence-corrected chi connectivity index (χ1v) is 11.6. The van der Waals surface area contributed by atoms with Crippen LogP contribution < -0.4 is 9.64 Å². The summed E-state index contributed by atoms with van der Waals surface area (Å²) in [7, 11) is 1.43. The summed E-state index contributed by atoms with van der Waals surface area (Å²) < 4.78 is 10.5. The monoisotopic (exact) mass is 505 g/mol. The Morgan fingerprint density at radius 3 is 2.50 bits per heavy atom. The van der Waals surface area contributed by atoms with E-state index in [1.807, 2.05) is 19.1 Å². The zero-order valence-electron chi connectivity index (χ0n) is 19.9. The molecule has 1 atom stereocenters. The molecule has 1 heterocycles. The molecule has 3 aromatic carbocycles. The quantitative estimate of drug-likeness (QED) is 0.207. The van der Waals surface area contributed by atoms with Gasteiger partial charge in [0, 0.05) is 10.7 Å². The first-order chi connectivity index (χ1) is 17.3. The van der Waals surface area contributed by atoms with Gasteiger partial charge >= 0.3 is 5.97 Å². The predicted molar refractivity (Wildman–Crippen MR) is 136 cm³/mol. The molecule has 1 fully saturated rings. The van der Waals surface area contributed by atoms with Gasteiger partial charge in [-0.25, -0.2) is 4.79 Å². The van der Waals surface area contributed by atoms with Crippen LogP contribution in [0.2, 0.25) is 5.02 Å². The summed E-state index contributed by atoms with van der Waals surface area (Å²) in [6, 6.07) is 17.2. The van der Waals surface area contributed by atoms with Crippen molar-refractivity contribution in [1.29, 1.82) is 0 Å². The van der Waals surface area contributed by atoms with Crippen molar-refractivity contribution in [3.63, 3.8) is 0 Å². The minimum atomic E-state index is -0.965. The second-order valence-electron chi connectivity index (χ2n) is 8.14. The molecule has 4 rings (SSSR count). The lowest BCUT2D eigenvalue weighted by atomic mass is 9.92. The van der Waals surface area contributed by atoms with Crippen LogP contribution in [-0.2, 0) is 14.3 Å². The third-order valence-corrected chi connectivity index (χ3v) is 6.21. The van der Waals surface area contributed by atoms with Gasteiger partial charge in [0.15, 0.2) is 0 Å². The molecule has 0 aliphatic carbocycles. The lowest BCUT2D eigenvalue weighted by Crippen LogP contribution is -2.30. The van der Waals surface area contributed by atoms with Gasteiger partial charge in [-0.05, 0) is 61.4 Å². The van der Waals surface area contributed by atoms with Gasteiger partial charge in [-0.1, -0.05) is 41.9 Å². The first-order valence-electron chi connectivity index (χ1n) is 11.3. The average molecular weight is 506 g/mol. The summed E-state index contributed by atoms with van der Waals surface area (Å²) >= 11 is 6.17. The number of hydrogen-bond donors (Lipinski definition) is 1. The Balaban J connectivity index is 1.97. The number of ketones is 1. The zero-order valence-corrected chi connectivity index (χ0v) is 20.7. The van der Waals surface area contributed by atoms with Crippen molar-refractivity contribution in [3.05, 3.63) is 99.6 Å². The number of amides is 1. The van der Waals surface area contributed by atoms with Crippen LogP contribution in [0.3, 0.4) is 0 Å². The number of nitrogens with zero attached hydrogens (tertiary/aromatic N) is 1. The minimum Gasteiger partial charge on any atom is -0.507 e. The second-order valence-corrected chi connectivity index (χ2v) is 8.58. The number of carbonyl (C=O) groups excluding carboxylic acids is 3. The Labute approximate surface area is 213 Å². The molecule has 7 nitrogen and oxygen atoms in total. The van der Waals surface area contributed by atoms with Crippen LogP contribution in [0.25, 0.3) is 5.76 Å². The molecule has 0 spiro atoms. The number of hydrogen-bond acceptors (Lipinski definition) is 6. The molecule has 36 heavy (non-hydrogen) atoms. The van der Waals surface area contributed by atoms with Crippen molar-refractivity contribution >= 4 is 40.7 Å². The van der Waals surface area contributed by atoms with Gasteiger partial charge in [0.25, 0.3) is 11.7 Å². The summed E-state index contributed by atoms with van der Waals surface area (Å²) in [5.41, 5.74) is 2.06. The van der Waals surface area contributed by atoms with E-state index in [1.165, 1.54) is 24.1 Å². The number of methoxy groups -OCH3 is 1. The van der Waals surface area contributed by atoms with Crippen LogP contribution in [0.4, 0.5) is 5.69 Å². The number of aliphatic hydroxyl groups is 1. The molecule has 3 aromatic rings. The van der Waals surface area contributed by atoms with Crippen molar-refractivity contribution in [2.24, 2.45) is 0 Å². The first kappa shape index (κ1) is 25.0. The van der Waals surface area contributed by atoms with Crippen LogP contribution in [0.15, 0.2) is 72.3 Å². The van der Waals surface area contributed by atoms with Crippen LogP contribution in [0.5, 0.6) is 5.75 Å². The SMILES string of the molecule is CCOC(=O)c1cccc(N2C(=O)C(=O)/C(=C(/O)c3cc(Cl)ccc3OC)C2c2ccccc2C)c1. The molecule has 0 radical (unpaired) electrons. The lowest BCUT2D eigenvalue weighted by Gasteiger charge is -2.27. The fourth-order valence-electron chi connectivity index (χ4n) is 4.29. The maximum absolute atomic E-state index is 13.4. The van der Waals surface area contributed by atoms with Crippen molar-refractivity contribution in [1.82, 2.24) is 0 Å². The Morgan fingerprint density at radius 1 is 1.06 bits per heavy atom. The molecule has 1 N–H and O–H groups in total. The number of rotatable bonds is 6. The van der Waals surface area contributed by atoms with E-state index >= 15 is 0 Å². The number of ether oxygens (including phenoxy) is 2. The highest BCUT2D eigenvalue weighted by molar-refractivity contribution is 6.51. The fourth-order valence-corrected chi connectivity index (χ4v) is 4.47. The molecule has 1 amide bonds. The third-order valence-electron chi connectivity index (χ3n) is 5.98. The maximum atomic E-state index is 13.4. The fraction of sp³-hybridized carbons (Fsp3) is 0.179. The molecule has 1 aliphatic heterocycles. The average Bonchev–Trinajstić information content (AvgIpc) is 3.14. The molecule has 0 bridgehead atoms. The highest BCUT2D eigenvalue weighted by atomic mass is 35.5. The standard InChI is InChI=1S/C28H24ClNO6/c1-4-36-28(34)17-9-7-10-19(14-17)30-24(20-11-6-5-8-16(20)2)23(26(32)27(30)33)25(31)21-15-18(29)12-13-22(21)35-3/h5-15,24,31H,4H2,1-3H3/b25-23+. The molecular formula is C28H24ClNO6. The van der Waals surface area contributed by atoms with Crippen molar-refractivity contribution < 1.29 is 29.0 Å². The van der Waals surface area contributed by atoms with Crippen molar-refractivity contribution in [2.75, 3.05) is 18.6 Å². The van der Waals surface area contributed by atoms with Gasteiger partial charge in [0.1, 0.15) is 11.5 Å². The van der Waals surface area contributed by atoms with Gasteiger partial charge in [-0.15, -0.1) is 0 Å². The zero-order chi connectivity index (χ0) is 26.0. The van der Waals surface area contributed by atoms with Crippen LogP contribution >= 0.6 is 11.6 Å². The number of carbonyl (C=O) groups is 3. The largest absolute Gasteiger partial charge is 0.507 e. The number of aliphatic hydroxyl groups excluding tert-OH is 1. The highest BCUT2D eigenvalue weighted by Crippen LogP contribution is 2.44. The van der Waals surface area contributed by atoms with E-state index in [-0.39, 0.29) is 29.1 Å². The molecule has 8 heteroatoms. The third kappa shape index (κ3) is 4.45. The van der Waals surface area contributed by atoms with Gasteiger partial charge in [0.2, 0.25) is 0 Å². The van der Waals surface area contributed by atoms with E-state index in [4.69, 9.17) is 21.1 Å². The molecule has 1 aliphatic rings. The van der Waals surface area contributed by atoms with Crippen LogP contribution in [0.1, 0.15) is 40.0 Å². The Morgan fingerprint density at radius 2 is 1.81 bits per heavy atom. The number of halogens is 1. The second kappa shape index (κ2) is 10.3. The smallest absolute Gasteiger partial charge is 0.338 e. The normalized spacial score (nSPS) is 16.8. The Kier molecular flexibility index (Phi) is 7.12. The van der Waals surface area contributed by atoms with Crippen LogP contribution in [-0.4, -0.2) is 36.5 Å². The predicted octanol–water partition coefficient (Wildman–Crippen LogP) is 5.46. The molecular weight excluding hydrogens is 482 g/mol. The van der Waals surface area contributed by atoms with E-state index in [1.54, 1.807) is 49.4 Å². The molecule has 0 aromatic heterocycles. The molecule has 1 unspecified atom stereocenters. The highest BCUT2D eigenvalue weighted by Gasteiger charge is 2.47. The van der Waals surface area contributed by atoms with Gasteiger partial charge in [-0.3, -0.25) is 14.5 Å². The van der Waals surface area contributed by atoms with Gasteiger partial charge in [-0.2, -0.15) is 0 Å². The number of Topliss-reactive ketones (excluding diaryl/α,β-unsaturated/α-hetero) is 1. The number of aryl methyl sites for hydroxylation is 1. The van der Waals surface area contributed by atoms with Crippen molar-refractivity contribution in [3.8, 4) is 5.75 Å². The molecule has 1 saturated heterocycles. The number of benzene rings is 3. The van der Waals surface area contributed by atoms with E-state index in [2.05, 4.69) is 0 Å². The van der Waals surface area contributed by atoms with Gasteiger partial charge < -0.3 is 14.6 Å². The van der Waals surface area contributed by atoms with E-state index < -0.39 is 29.5 Å². The van der Waals surface area contributed by atoms with E-state index in [0.717, 1.165) is 5.56 Å². The lowest BCUT2D eigenvalue weighted by molar-refractivity contribution is -0.132. The molecule has 0 saturated carbocycles. The van der Waals surface area contributed by atoms with Gasteiger partial charge in [0.05, 0.1) is 36.5 Å². The summed E-state index contributed by atoms with van der Waals surface area (Å²) in [6.45, 7) is 3.74. The van der Waals surface area contributed by atoms with Crippen molar-refractivity contribution in [2.45, 2.75) is 19.9 Å².